The van der Waals surface area contributed by atoms with Crippen molar-refractivity contribution in [3.63, 3.8) is 0 Å². The Balaban J connectivity index is 2.24. The molecular weight excluding hydrogens is 188 g/mol. The zero-order valence-electron chi connectivity index (χ0n) is 9.82. The number of rotatable bonds is 8. The van der Waals surface area contributed by atoms with Crippen LogP contribution < -0.4 is 5.32 Å². The van der Waals surface area contributed by atoms with E-state index >= 15 is 0 Å². The molecule has 0 aromatic carbocycles. The monoisotopic (exact) mass is 210 g/mol. The van der Waals surface area contributed by atoms with Crippen molar-refractivity contribution in [3.05, 3.63) is 18.5 Å². The maximum Gasteiger partial charge on any atom is 0.0536 e. The molecule has 0 amide bonds. The summed E-state index contributed by atoms with van der Waals surface area (Å²) < 4.78 is 1.99. The van der Waals surface area contributed by atoms with Gasteiger partial charge in [0, 0.05) is 32.0 Å². The molecule has 0 aliphatic carbocycles. The molecule has 1 rings (SSSR count). The Bertz CT molecular complexity index is 233. The third kappa shape index (κ3) is 4.95. The molecule has 0 unspecified atom stereocenters. The highest BCUT2D eigenvalue weighted by Crippen LogP contribution is 1.93. The Labute approximate surface area is 92.3 Å². The fourth-order valence-electron chi connectivity index (χ4n) is 1.60. The number of aromatic nitrogens is 2. The van der Waals surface area contributed by atoms with Gasteiger partial charge in [-0.25, -0.2) is 0 Å². The van der Waals surface area contributed by atoms with Gasteiger partial charge in [-0.15, -0.1) is 0 Å². The Hall–Kier alpha value is -0.870. The van der Waals surface area contributed by atoms with Crippen molar-refractivity contribution < 1.29 is 0 Å². The maximum atomic E-state index is 4.20. The highest BCUT2D eigenvalue weighted by atomic mass is 15.3. The average Bonchev–Trinajstić information content (AvgIpc) is 2.75. The minimum absolute atomic E-state index is 0.983. The average molecular weight is 210 g/mol. The molecular formula is C11H22N4. The van der Waals surface area contributed by atoms with E-state index in [1.165, 1.54) is 13.0 Å². The van der Waals surface area contributed by atoms with Crippen molar-refractivity contribution in [1.29, 1.82) is 0 Å². The van der Waals surface area contributed by atoms with Crippen LogP contribution in [0.3, 0.4) is 0 Å². The molecule has 0 bridgehead atoms. The van der Waals surface area contributed by atoms with E-state index in [0.29, 0.717) is 0 Å². The van der Waals surface area contributed by atoms with E-state index in [2.05, 4.69) is 22.2 Å². The molecule has 0 spiro atoms. The summed E-state index contributed by atoms with van der Waals surface area (Å²) in [5, 5.41) is 7.39. The molecule has 4 nitrogen and oxygen atoms in total. The first-order valence-corrected chi connectivity index (χ1v) is 5.71. The number of nitrogens with one attached hydrogen (secondary N) is 1. The first kappa shape index (κ1) is 12.2. The smallest absolute Gasteiger partial charge is 0.0536 e. The van der Waals surface area contributed by atoms with E-state index in [1.54, 1.807) is 0 Å². The maximum absolute atomic E-state index is 4.20. The lowest BCUT2D eigenvalue weighted by molar-refractivity contribution is 0.260. The Kier molecular flexibility index (Phi) is 6.04. The molecule has 0 fully saturated rings. The largest absolute Gasteiger partial charge is 0.318 e. The van der Waals surface area contributed by atoms with Gasteiger partial charge >= 0.3 is 0 Å². The second-order valence-electron chi connectivity index (χ2n) is 3.71. The van der Waals surface area contributed by atoms with Gasteiger partial charge in [-0.3, -0.25) is 4.68 Å². The highest BCUT2D eigenvalue weighted by Gasteiger charge is 2.02. The van der Waals surface area contributed by atoms with Crippen LogP contribution in [0, 0.1) is 0 Å². The minimum atomic E-state index is 0.983. The highest BCUT2D eigenvalue weighted by molar-refractivity contribution is 4.77. The number of nitrogens with zero attached hydrogens (tertiary/aromatic N) is 3. The molecule has 15 heavy (non-hydrogen) atoms. The molecule has 0 atom stereocenters. The van der Waals surface area contributed by atoms with Gasteiger partial charge in [0.15, 0.2) is 0 Å². The third-order valence-electron chi connectivity index (χ3n) is 2.42. The molecule has 0 radical (unpaired) electrons. The van der Waals surface area contributed by atoms with Gasteiger partial charge in [-0.1, -0.05) is 6.92 Å². The van der Waals surface area contributed by atoms with E-state index in [4.69, 9.17) is 0 Å². The second kappa shape index (κ2) is 7.43. The van der Waals surface area contributed by atoms with Crippen LogP contribution in [0.4, 0.5) is 0 Å². The predicted octanol–water partition coefficient (Wildman–Crippen LogP) is 0.814. The molecule has 0 saturated heterocycles. The van der Waals surface area contributed by atoms with Gasteiger partial charge in [0.1, 0.15) is 0 Å². The summed E-state index contributed by atoms with van der Waals surface area (Å²) in [6.45, 7) is 7.63. The fraction of sp³-hybridized carbons (Fsp3) is 0.727. The first-order chi connectivity index (χ1) is 7.36. The van der Waals surface area contributed by atoms with Crippen LogP contribution in [0.2, 0.25) is 0 Å². The van der Waals surface area contributed by atoms with Gasteiger partial charge in [0.05, 0.1) is 6.54 Å². The van der Waals surface area contributed by atoms with Crippen LogP contribution in [0.1, 0.15) is 13.3 Å². The lowest BCUT2D eigenvalue weighted by atomic mass is 10.4. The summed E-state index contributed by atoms with van der Waals surface area (Å²) in [5.74, 6) is 0. The van der Waals surface area contributed by atoms with Gasteiger partial charge in [-0.05, 0) is 26.1 Å². The SMILES string of the molecule is CCCN(CCNC)CCn1cccn1. The minimum Gasteiger partial charge on any atom is -0.318 e. The standard InChI is InChI=1S/C11H22N4/c1-3-7-14(9-6-12-2)10-11-15-8-4-5-13-15/h4-5,8,12H,3,6-7,9-11H2,1-2H3. The summed E-state index contributed by atoms with van der Waals surface area (Å²) in [7, 11) is 2.00. The molecule has 0 saturated carbocycles. The second-order valence-corrected chi connectivity index (χ2v) is 3.71. The fourth-order valence-corrected chi connectivity index (χ4v) is 1.60. The lowest BCUT2D eigenvalue weighted by Gasteiger charge is -2.21. The van der Waals surface area contributed by atoms with Crippen LogP contribution in [0.5, 0.6) is 0 Å². The summed E-state index contributed by atoms with van der Waals surface area (Å²) >= 11 is 0. The number of hydrogen-bond acceptors (Lipinski definition) is 3. The zero-order chi connectivity index (χ0) is 10.9. The van der Waals surface area contributed by atoms with Crippen LogP contribution in [0.15, 0.2) is 18.5 Å². The van der Waals surface area contributed by atoms with Crippen molar-refractivity contribution in [3.8, 4) is 0 Å². The van der Waals surface area contributed by atoms with Crippen molar-refractivity contribution in [2.24, 2.45) is 0 Å². The van der Waals surface area contributed by atoms with Crippen molar-refractivity contribution in [2.75, 3.05) is 33.2 Å². The topological polar surface area (TPSA) is 33.1 Å². The van der Waals surface area contributed by atoms with Gasteiger partial charge in [0.25, 0.3) is 0 Å². The molecule has 4 heteroatoms. The van der Waals surface area contributed by atoms with E-state index in [-0.39, 0.29) is 0 Å². The van der Waals surface area contributed by atoms with E-state index in [9.17, 15) is 0 Å². The van der Waals surface area contributed by atoms with Crippen LogP contribution in [-0.2, 0) is 6.54 Å². The Morgan fingerprint density at radius 1 is 1.33 bits per heavy atom. The van der Waals surface area contributed by atoms with E-state index in [1.807, 2.05) is 30.2 Å². The molecule has 86 valence electrons. The summed E-state index contributed by atoms with van der Waals surface area (Å²) in [6.07, 6.45) is 5.06. The van der Waals surface area contributed by atoms with Crippen molar-refractivity contribution >= 4 is 0 Å². The molecule has 0 aliphatic heterocycles. The third-order valence-corrected chi connectivity index (χ3v) is 2.42. The predicted molar refractivity (Wildman–Crippen MR) is 62.9 cm³/mol. The quantitative estimate of drug-likeness (QED) is 0.689. The zero-order valence-corrected chi connectivity index (χ0v) is 9.82. The van der Waals surface area contributed by atoms with Crippen molar-refractivity contribution in [2.45, 2.75) is 19.9 Å². The van der Waals surface area contributed by atoms with Gasteiger partial charge < -0.3 is 10.2 Å². The normalized spacial score (nSPS) is 11.1. The lowest BCUT2D eigenvalue weighted by Crippen LogP contribution is -2.34. The van der Waals surface area contributed by atoms with Crippen LogP contribution >= 0.6 is 0 Å². The molecule has 0 aliphatic rings. The van der Waals surface area contributed by atoms with E-state index < -0.39 is 0 Å². The van der Waals surface area contributed by atoms with Crippen LogP contribution in [-0.4, -0.2) is 47.9 Å². The summed E-state index contributed by atoms with van der Waals surface area (Å²) in [6, 6.07) is 1.97. The summed E-state index contributed by atoms with van der Waals surface area (Å²) in [4.78, 5) is 2.47. The van der Waals surface area contributed by atoms with E-state index in [0.717, 1.165) is 26.2 Å². The Morgan fingerprint density at radius 2 is 2.20 bits per heavy atom. The van der Waals surface area contributed by atoms with Gasteiger partial charge in [-0.2, -0.15) is 5.10 Å². The number of hydrogen-bond donors (Lipinski definition) is 1. The van der Waals surface area contributed by atoms with Gasteiger partial charge in [0.2, 0.25) is 0 Å². The number of likely N-dealkylation sites (N-methyl/N-ethyl adjacent to an activating group) is 1. The van der Waals surface area contributed by atoms with Crippen LogP contribution in [0.25, 0.3) is 0 Å². The first-order valence-electron chi connectivity index (χ1n) is 5.71. The molecule has 1 aromatic rings. The molecule has 1 N–H and O–H groups in total. The molecule has 1 aromatic heterocycles. The summed E-state index contributed by atoms with van der Waals surface area (Å²) in [5.41, 5.74) is 0. The molecule has 1 heterocycles. The van der Waals surface area contributed by atoms with Crippen molar-refractivity contribution in [1.82, 2.24) is 20.0 Å². The Morgan fingerprint density at radius 3 is 2.80 bits per heavy atom.